The topological polar surface area (TPSA) is 20.2 Å². The summed E-state index contributed by atoms with van der Waals surface area (Å²) in [5, 5.41) is 8.84. The van der Waals surface area contributed by atoms with Gasteiger partial charge in [-0.3, -0.25) is 0 Å². The Morgan fingerprint density at radius 1 is 1.36 bits per heavy atom. The van der Waals surface area contributed by atoms with E-state index in [-0.39, 0.29) is 20.4 Å². The summed E-state index contributed by atoms with van der Waals surface area (Å²) in [5.41, 5.74) is 2.84. The van der Waals surface area contributed by atoms with Crippen LogP contribution in [0.2, 0.25) is 0 Å². The van der Waals surface area contributed by atoms with Gasteiger partial charge in [-0.05, 0) is 36.9 Å². The maximum Gasteiger partial charge on any atom is 0.0471 e. The third-order valence-electron chi connectivity index (χ3n) is 1.73. The first-order valence-electron chi connectivity index (χ1n) is 5.04. The van der Waals surface area contributed by atoms with Gasteiger partial charge in [0.2, 0.25) is 0 Å². The Bertz CT molecular complexity index is 251. The summed E-state index contributed by atoms with van der Waals surface area (Å²) in [6.45, 7) is 0.538. The van der Waals surface area contributed by atoms with Crippen LogP contribution in [0.25, 0.3) is 0 Å². The minimum absolute atomic E-state index is 0.0873. The predicted octanol–water partition coefficient (Wildman–Crippen LogP) is 1.84. The van der Waals surface area contributed by atoms with Crippen LogP contribution < -0.4 is 0 Å². The second kappa shape index (κ2) is 3.54. The van der Waals surface area contributed by atoms with Crippen LogP contribution >= 0.6 is 0 Å². The van der Waals surface area contributed by atoms with Crippen molar-refractivity contribution < 1.29 is 7.85 Å². The molecule has 0 radical (unpaired) electrons. The molecule has 0 saturated heterocycles. The Hall–Kier alpha value is -0.820. The lowest BCUT2D eigenvalue weighted by Crippen LogP contribution is -1.96. The summed E-state index contributed by atoms with van der Waals surface area (Å²) in [4.78, 5) is 0. The number of hydrogen-bond acceptors (Lipinski definition) is 1. The second-order valence-electron chi connectivity index (χ2n) is 2.53. The van der Waals surface area contributed by atoms with Crippen LogP contribution in [0.1, 0.15) is 19.4 Å². The summed E-state index contributed by atoms with van der Waals surface area (Å²) in [7, 11) is 0. The van der Waals surface area contributed by atoms with Crippen molar-refractivity contribution in [3.05, 3.63) is 34.9 Å². The highest BCUT2D eigenvalue weighted by Gasteiger charge is 1.99. The van der Waals surface area contributed by atoms with E-state index >= 15 is 0 Å². The van der Waals surface area contributed by atoms with Crippen LogP contribution in [0.4, 0.5) is 0 Å². The lowest BCUT2D eigenvalue weighted by Gasteiger charge is -2.06. The van der Waals surface area contributed by atoms with Gasteiger partial charge in [-0.15, -0.1) is 0 Å². The Morgan fingerprint density at radius 2 is 2.00 bits per heavy atom. The van der Waals surface area contributed by atoms with Crippen molar-refractivity contribution in [3.63, 3.8) is 0 Å². The molecule has 1 aromatic rings. The van der Waals surface area contributed by atoms with E-state index in [1.165, 1.54) is 0 Å². The Morgan fingerprint density at radius 3 is 2.45 bits per heavy atom. The zero-order valence-corrected chi connectivity index (χ0v) is 6.51. The molecule has 0 atom stereocenters. The molecule has 1 aromatic carbocycles. The van der Waals surface area contributed by atoms with Crippen molar-refractivity contribution in [1.29, 1.82) is 0 Å². The fourth-order valence-corrected chi connectivity index (χ4v) is 1.12. The van der Waals surface area contributed by atoms with E-state index in [4.69, 9.17) is 7.85 Å². The van der Waals surface area contributed by atoms with Crippen LogP contribution in [-0.4, -0.2) is 11.7 Å². The van der Waals surface area contributed by atoms with Gasteiger partial charge >= 0.3 is 0 Å². The predicted molar refractivity (Wildman–Crippen MR) is 46.7 cm³/mol. The average Bonchev–Trinajstić information content (AvgIpc) is 2.18. The number of aryl methyl sites for hydroxylation is 2. The molecule has 1 N–H and O–H groups in total. The van der Waals surface area contributed by atoms with Crippen LogP contribution in [0, 0.1) is 13.8 Å². The molecule has 0 heterocycles. The van der Waals surface area contributed by atoms with Gasteiger partial charge in [-0.2, -0.15) is 0 Å². The summed E-state index contributed by atoms with van der Waals surface area (Å²) >= 11 is 0. The van der Waals surface area contributed by atoms with E-state index < -0.39 is 0 Å². The summed E-state index contributed by atoms with van der Waals surface area (Å²) in [6, 6.07) is 5.64. The Labute approximate surface area is 70.5 Å². The molecule has 0 aliphatic heterocycles. The third-order valence-corrected chi connectivity index (χ3v) is 1.73. The van der Waals surface area contributed by atoms with Crippen LogP contribution in [-0.2, 0) is 6.42 Å². The fraction of sp³-hybridized carbons (Fsp3) is 0.400. The molecule has 0 aliphatic carbocycles. The van der Waals surface area contributed by atoms with Crippen molar-refractivity contribution in [2.45, 2.75) is 20.2 Å². The molecule has 0 fully saturated rings. The molecule has 0 unspecified atom stereocenters. The zero-order chi connectivity index (χ0) is 9.68. The standard InChI is InChI=1S/C10H14O/c1-8-4-3-5-9(2)10(8)6-7-11/h3-5,11H,6-7H2,1-2H3/i1D,2D. The molecule has 1 nitrogen and oxygen atoms in total. The molecule has 1 heteroatoms. The van der Waals surface area contributed by atoms with E-state index in [1.807, 2.05) is 18.2 Å². The molecular formula is C10H14O. The first-order valence-corrected chi connectivity index (χ1v) is 3.62. The third kappa shape index (κ3) is 1.81. The van der Waals surface area contributed by atoms with E-state index in [2.05, 4.69) is 0 Å². The first kappa shape index (κ1) is 5.78. The van der Waals surface area contributed by atoms with Gasteiger partial charge in [0.05, 0.1) is 0 Å². The summed E-state index contributed by atoms with van der Waals surface area (Å²) in [6.07, 6.45) is 0.559. The Kier molecular flexibility index (Phi) is 1.86. The van der Waals surface area contributed by atoms with Gasteiger partial charge < -0.3 is 5.11 Å². The van der Waals surface area contributed by atoms with Crippen molar-refractivity contribution >= 4 is 0 Å². The van der Waals surface area contributed by atoms with Crippen LogP contribution in [0.15, 0.2) is 18.2 Å². The normalized spacial score (nSPS) is 12.5. The minimum atomic E-state index is 0.0873. The number of aliphatic hydroxyl groups is 1. The zero-order valence-electron chi connectivity index (χ0n) is 8.51. The van der Waals surface area contributed by atoms with Crippen molar-refractivity contribution in [1.82, 2.24) is 0 Å². The molecule has 1 rings (SSSR count). The van der Waals surface area contributed by atoms with Crippen molar-refractivity contribution in [3.8, 4) is 0 Å². The van der Waals surface area contributed by atoms with E-state index in [9.17, 15) is 0 Å². The molecular weight excluding hydrogens is 136 g/mol. The number of hydrogen-bond donors (Lipinski definition) is 1. The van der Waals surface area contributed by atoms with Gasteiger partial charge in [0.25, 0.3) is 0 Å². The maximum absolute atomic E-state index is 8.84. The van der Waals surface area contributed by atoms with E-state index in [0.29, 0.717) is 6.42 Å². The molecule has 0 aliphatic rings. The quantitative estimate of drug-likeness (QED) is 0.685. The molecule has 0 spiro atoms. The maximum atomic E-state index is 8.84. The number of aliphatic hydroxyl groups excluding tert-OH is 1. The van der Waals surface area contributed by atoms with E-state index in [0.717, 1.165) is 16.7 Å². The lowest BCUT2D eigenvalue weighted by atomic mass is 10.0. The highest BCUT2D eigenvalue weighted by molar-refractivity contribution is 5.33. The lowest BCUT2D eigenvalue weighted by molar-refractivity contribution is 0.299. The number of rotatable bonds is 2. The SMILES string of the molecule is [2H]Cc1cccc(C[2H])c1CCO. The van der Waals surface area contributed by atoms with Gasteiger partial charge in [0, 0.05) is 9.35 Å². The largest absolute Gasteiger partial charge is 0.396 e. The van der Waals surface area contributed by atoms with Crippen LogP contribution in [0.5, 0.6) is 0 Å². The molecule has 11 heavy (non-hydrogen) atoms. The monoisotopic (exact) mass is 152 g/mol. The van der Waals surface area contributed by atoms with Gasteiger partial charge in [-0.1, -0.05) is 18.2 Å². The fourth-order valence-electron chi connectivity index (χ4n) is 1.12. The average molecular weight is 152 g/mol. The molecule has 60 valence electrons. The van der Waals surface area contributed by atoms with Crippen molar-refractivity contribution in [2.75, 3.05) is 6.61 Å². The molecule has 0 saturated carbocycles. The van der Waals surface area contributed by atoms with Gasteiger partial charge in [0.15, 0.2) is 0 Å². The number of benzene rings is 1. The second-order valence-corrected chi connectivity index (χ2v) is 2.53. The summed E-state index contributed by atoms with van der Waals surface area (Å²) in [5.74, 6) is 0. The van der Waals surface area contributed by atoms with Gasteiger partial charge in [0.1, 0.15) is 0 Å². The minimum Gasteiger partial charge on any atom is -0.396 e. The van der Waals surface area contributed by atoms with Crippen LogP contribution in [0.3, 0.4) is 0 Å². The highest BCUT2D eigenvalue weighted by atomic mass is 16.2. The summed E-state index contributed by atoms with van der Waals surface area (Å²) < 4.78 is 14.6. The first-order chi connectivity index (χ1) is 6.33. The molecule has 0 aromatic heterocycles. The smallest absolute Gasteiger partial charge is 0.0471 e. The molecule has 0 amide bonds. The van der Waals surface area contributed by atoms with Gasteiger partial charge in [-0.25, -0.2) is 0 Å². The Balaban J connectivity index is 3.05. The van der Waals surface area contributed by atoms with E-state index in [1.54, 1.807) is 0 Å². The molecule has 0 bridgehead atoms. The highest BCUT2D eigenvalue weighted by Crippen LogP contribution is 2.12. The van der Waals surface area contributed by atoms with Crippen molar-refractivity contribution in [2.24, 2.45) is 0 Å².